The largest absolute Gasteiger partial charge is 0.315 e. The Morgan fingerprint density at radius 3 is 2.89 bits per heavy atom. The molecule has 2 aliphatic heterocycles. The molecule has 2 unspecified atom stereocenters. The Kier molecular flexibility index (Phi) is 3.82. The monoisotopic (exact) mass is 382 g/mol. The number of aromatic nitrogens is 2. The molecule has 140 valence electrons. The van der Waals surface area contributed by atoms with Crippen LogP contribution in [0, 0.1) is 0 Å². The van der Waals surface area contributed by atoms with E-state index in [-0.39, 0.29) is 16.7 Å². The average Bonchev–Trinajstić information content (AvgIpc) is 3.39. The van der Waals surface area contributed by atoms with Crippen molar-refractivity contribution in [3.63, 3.8) is 0 Å². The normalized spacial score (nSPS) is 26.3. The van der Waals surface area contributed by atoms with Crippen LogP contribution in [0.2, 0.25) is 0 Å². The smallest absolute Gasteiger partial charge is 0.249 e. The number of anilines is 1. The summed E-state index contributed by atoms with van der Waals surface area (Å²) < 4.78 is 1.84. The van der Waals surface area contributed by atoms with Crippen LogP contribution in [0.4, 0.5) is 5.82 Å². The Balaban J connectivity index is 1.48. The van der Waals surface area contributed by atoms with Crippen LogP contribution in [0.15, 0.2) is 30.3 Å². The van der Waals surface area contributed by atoms with Gasteiger partial charge in [0.2, 0.25) is 11.8 Å². The Bertz CT molecular complexity index is 926. The van der Waals surface area contributed by atoms with Crippen LogP contribution in [-0.4, -0.2) is 43.2 Å². The van der Waals surface area contributed by atoms with Crippen molar-refractivity contribution in [1.82, 2.24) is 14.7 Å². The zero-order valence-electron chi connectivity index (χ0n) is 15.3. The molecule has 2 fully saturated rings. The number of hydrogen-bond acceptors (Lipinski definition) is 4. The van der Waals surface area contributed by atoms with Crippen LogP contribution in [0.1, 0.15) is 37.4 Å². The van der Waals surface area contributed by atoms with Crippen LogP contribution < -0.4 is 5.32 Å². The van der Waals surface area contributed by atoms with Gasteiger partial charge in [-0.25, -0.2) is 4.68 Å². The summed E-state index contributed by atoms with van der Waals surface area (Å²) >= 11 is 1.72. The van der Waals surface area contributed by atoms with Crippen molar-refractivity contribution in [1.29, 1.82) is 0 Å². The molecular weight excluding hydrogens is 360 g/mol. The molecule has 0 bridgehead atoms. The van der Waals surface area contributed by atoms with Gasteiger partial charge in [0, 0.05) is 17.7 Å². The van der Waals surface area contributed by atoms with E-state index in [1.54, 1.807) is 16.7 Å². The molecule has 2 saturated heterocycles. The van der Waals surface area contributed by atoms with E-state index in [0.717, 1.165) is 48.4 Å². The number of carbonyl (C=O) groups excluding carboxylic acids is 2. The molecule has 0 saturated carbocycles. The number of thioether (sulfide) groups is 1. The SMILES string of the molecule is CC12CCC(=O)N1C(C(=O)Nc1c3c(nn1-c1ccccc1)CCC3)CS2. The van der Waals surface area contributed by atoms with Crippen molar-refractivity contribution in [2.75, 3.05) is 11.1 Å². The minimum Gasteiger partial charge on any atom is -0.315 e. The fourth-order valence-corrected chi connectivity index (χ4v) is 5.92. The Labute approximate surface area is 162 Å². The minimum absolute atomic E-state index is 0.0874. The first-order valence-electron chi connectivity index (χ1n) is 9.50. The Hall–Kier alpha value is -2.28. The van der Waals surface area contributed by atoms with Gasteiger partial charge in [-0.15, -0.1) is 11.8 Å². The number of amides is 2. The third-order valence-electron chi connectivity index (χ3n) is 5.90. The molecule has 0 radical (unpaired) electrons. The lowest BCUT2D eigenvalue weighted by Crippen LogP contribution is -2.48. The molecular formula is C20H22N4O2S. The number of hydrogen-bond donors (Lipinski definition) is 1. The summed E-state index contributed by atoms with van der Waals surface area (Å²) in [6.07, 6.45) is 4.29. The summed E-state index contributed by atoms with van der Waals surface area (Å²) in [5, 5.41) is 7.89. The van der Waals surface area contributed by atoms with Crippen molar-refractivity contribution in [3.8, 4) is 5.69 Å². The van der Waals surface area contributed by atoms with Gasteiger partial charge in [0.1, 0.15) is 11.9 Å². The van der Waals surface area contributed by atoms with Gasteiger partial charge in [-0.3, -0.25) is 9.59 Å². The molecule has 7 heteroatoms. The van der Waals surface area contributed by atoms with E-state index in [0.29, 0.717) is 12.2 Å². The second kappa shape index (κ2) is 6.12. The summed E-state index contributed by atoms with van der Waals surface area (Å²) in [7, 11) is 0. The molecule has 27 heavy (non-hydrogen) atoms. The average molecular weight is 382 g/mol. The number of aryl methyl sites for hydroxylation is 1. The first-order valence-corrected chi connectivity index (χ1v) is 10.5. The van der Waals surface area contributed by atoms with Crippen LogP contribution >= 0.6 is 11.8 Å². The van der Waals surface area contributed by atoms with Gasteiger partial charge in [0.05, 0.1) is 16.3 Å². The summed E-state index contributed by atoms with van der Waals surface area (Å²) in [6.45, 7) is 2.07. The van der Waals surface area contributed by atoms with E-state index in [2.05, 4.69) is 12.2 Å². The van der Waals surface area contributed by atoms with Crippen LogP contribution in [0.25, 0.3) is 5.69 Å². The third-order valence-corrected chi connectivity index (χ3v) is 7.40. The lowest BCUT2D eigenvalue weighted by molar-refractivity contribution is -0.135. The van der Waals surface area contributed by atoms with E-state index >= 15 is 0 Å². The van der Waals surface area contributed by atoms with Crippen molar-refractivity contribution in [2.24, 2.45) is 0 Å². The third kappa shape index (κ3) is 2.59. The van der Waals surface area contributed by atoms with Crippen LogP contribution in [-0.2, 0) is 22.4 Å². The molecule has 6 nitrogen and oxygen atoms in total. The number of nitrogens with one attached hydrogen (secondary N) is 1. The summed E-state index contributed by atoms with van der Waals surface area (Å²) in [5.41, 5.74) is 3.13. The molecule has 1 aromatic carbocycles. The summed E-state index contributed by atoms with van der Waals surface area (Å²) in [4.78, 5) is 27.1. The highest BCUT2D eigenvalue weighted by atomic mass is 32.2. The molecule has 0 spiro atoms. The molecule has 1 N–H and O–H groups in total. The van der Waals surface area contributed by atoms with Crippen LogP contribution in [0.3, 0.4) is 0 Å². The van der Waals surface area contributed by atoms with Gasteiger partial charge in [-0.1, -0.05) is 18.2 Å². The Morgan fingerprint density at radius 1 is 1.26 bits per heavy atom. The van der Waals surface area contributed by atoms with E-state index < -0.39 is 6.04 Å². The second-order valence-electron chi connectivity index (χ2n) is 7.63. The molecule has 2 amide bonds. The zero-order valence-corrected chi connectivity index (χ0v) is 16.1. The lowest BCUT2D eigenvalue weighted by atomic mass is 10.2. The highest BCUT2D eigenvalue weighted by Gasteiger charge is 2.53. The zero-order chi connectivity index (χ0) is 18.6. The van der Waals surface area contributed by atoms with Gasteiger partial charge in [-0.2, -0.15) is 5.10 Å². The highest BCUT2D eigenvalue weighted by molar-refractivity contribution is 8.01. The maximum Gasteiger partial charge on any atom is 0.249 e. The maximum atomic E-state index is 13.2. The van der Waals surface area contributed by atoms with Gasteiger partial charge in [0.25, 0.3) is 0 Å². The molecule has 3 aliphatic rings. The van der Waals surface area contributed by atoms with Gasteiger partial charge >= 0.3 is 0 Å². The number of nitrogens with zero attached hydrogens (tertiary/aromatic N) is 3. The number of rotatable bonds is 3. The van der Waals surface area contributed by atoms with Crippen molar-refractivity contribution in [2.45, 2.75) is 49.9 Å². The van der Waals surface area contributed by atoms with Gasteiger partial charge < -0.3 is 10.2 Å². The quantitative estimate of drug-likeness (QED) is 0.886. The van der Waals surface area contributed by atoms with E-state index in [9.17, 15) is 9.59 Å². The number of carbonyl (C=O) groups is 2. The minimum atomic E-state index is -0.411. The molecule has 2 aromatic rings. The Morgan fingerprint density at radius 2 is 2.07 bits per heavy atom. The molecule has 5 rings (SSSR count). The van der Waals surface area contributed by atoms with Crippen molar-refractivity contribution < 1.29 is 9.59 Å². The molecule has 1 aromatic heterocycles. The lowest BCUT2D eigenvalue weighted by Gasteiger charge is -2.30. The molecule has 3 heterocycles. The molecule has 2 atom stereocenters. The summed E-state index contributed by atoms with van der Waals surface area (Å²) in [6, 6.07) is 9.47. The van der Waals surface area contributed by atoms with E-state index in [4.69, 9.17) is 5.10 Å². The van der Waals surface area contributed by atoms with Gasteiger partial charge in [-0.05, 0) is 44.7 Å². The fourth-order valence-electron chi connectivity index (χ4n) is 4.49. The number of fused-ring (bicyclic) bond motifs is 2. The van der Waals surface area contributed by atoms with Crippen molar-refractivity contribution >= 4 is 29.4 Å². The topological polar surface area (TPSA) is 67.2 Å². The fraction of sp³-hybridized carbons (Fsp3) is 0.450. The number of para-hydroxylation sites is 1. The van der Waals surface area contributed by atoms with Crippen LogP contribution in [0.5, 0.6) is 0 Å². The highest BCUT2D eigenvalue weighted by Crippen LogP contribution is 2.47. The summed E-state index contributed by atoms with van der Waals surface area (Å²) in [5.74, 6) is 1.40. The molecule has 1 aliphatic carbocycles. The first kappa shape index (κ1) is 16.9. The number of benzene rings is 1. The predicted octanol–water partition coefficient (Wildman–Crippen LogP) is 2.75. The van der Waals surface area contributed by atoms with Gasteiger partial charge in [0.15, 0.2) is 0 Å². The predicted molar refractivity (Wildman–Crippen MR) is 105 cm³/mol. The standard InChI is InChI=1S/C20H22N4O2S/c1-20-11-10-17(25)23(20)16(12-27-20)19(26)21-18-14-8-5-9-15(14)22-24(18)13-6-3-2-4-7-13/h2-4,6-7,16H,5,8-12H2,1H3,(H,21,26). The van der Waals surface area contributed by atoms with E-state index in [1.165, 1.54) is 0 Å². The first-order chi connectivity index (χ1) is 13.1. The maximum absolute atomic E-state index is 13.2. The van der Waals surface area contributed by atoms with Crippen molar-refractivity contribution in [3.05, 3.63) is 41.6 Å². The second-order valence-corrected chi connectivity index (χ2v) is 9.13. The van der Waals surface area contributed by atoms with E-state index in [1.807, 2.05) is 35.0 Å².